The highest BCUT2D eigenvalue weighted by molar-refractivity contribution is 6.50. The molecule has 0 radical (unpaired) electrons. The zero-order valence-corrected chi connectivity index (χ0v) is 27.3. The largest absolute Gasteiger partial charge is 0.493 e. The molecule has 0 heterocycles. The molecular weight excluding hydrogens is 592 g/mol. The molecule has 0 aliphatic heterocycles. The predicted molar refractivity (Wildman–Crippen MR) is 173 cm³/mol. The van der Waals surface area contributed by atoms with E-state index < -0.39 is 11.6 Å². The number of ketones is 2. The fourth-order valence-electron chi connectivity index (χ4n) is 5.21. The first-order chi connectivity index (χ1) is 22.3. The van der Waals surface area contributed by atoms with E-state index in [4.69, 9.17) is 37.9 Å². The number of hydrogen-bond acceptors (Lipinski definition) is 10. The lowest BCUT2D eigenvalue weighted by Crippen LogP contribution is -2.16. The van der Waals surface area contributed by atoms with Crippen molar-refractivity contribution >= 4 is 11.6 Å². The van der Waals surface area contributed by atoms with Crippen LogP contribution >= 0.6 is 0 Å². The lowest BCUT2D eigenvalue weighted by Gasteiger charge is -2.19. The number of carbonyl (C=O) groups excluding carboxylic acids is 2. The van der Waals surface area contributed by atoms with Gasteiger partial charge in [0.15, 0.2) is 46.0 Å². The minimum atomic E-state index is -0.746. The Labute approximate surface area is 268 Å². The molecule has 0 N–H and O–H groups in total. The van der Waals surface area contributed by atoms with Crippen molar-refractivity contribution in [1.29, 1.82) is 0 Å². The average Bonchev–Trinajstić information content (AvgIpc) is 3.11. The third-order valence-corrected chi connectivity index (χ3v) is 7.65. The summed E-state index contributed by atoms with van der Waals surface area (Å²) in [6.45, 7) is 0. The number of hydrogen-bond donors (Lipinski definition) is 0. The van der Waals surface area contributed by atoms with E-state index in [0.29, 0.717) is 70.0 Å². The van der Waals surface area contributed by atoms with Gasteiger partial charge in [0.25, 0.3) is 0 Å². The van der Waals surface area contributed by atoms with Gasteiger partial charge in [-0.2, -0.15) is 0 Å². The number of ether oxygens (including phenoxy) is 8. The zero-order valence-electron chi connectivity index (χ0n) is 27.3. The molecule has 0 amide bonds. The van der Waals surface area contributed by atoms with Crippen molar-refractivity contribution in [1.82, 2.24) is 0 Å². The summed E-state index contributed by atoms with van der Waals surface area (Å²) in [6, 6.07) is 17.2. The van der Waals surface area contributed by atoms with Gasteiger partial charge in [-0.05, 0) is 89.7 Å². The summed E-state index contributed by atoms with van der Waals surface area (Å²) in [5.74, 6) is 2.17. The van der Waals surface area contributed by atoms with Crippen molar-refractivity contribution in [2.45, 2.75) is 12.8 Å². The second kappa shape index (κ2) is 15.1. The fourth-order valence-corrected chi connectivity index (χ4v) is 5.21. The number of benzene rings is 4. The first kappa shape index (κ1) is 33.5. The molecule has 0 saturated carbocycles. The van der Waals surface area contributed by atoms with E-state index >= 15 is 0 Å². The first-order valence-electron chi connectivity index (χ1n) is 14.3. The van der Waals surface area contributed by atoms with Crippen LogP contribution in [0.5, 0.6) is 46.0 Å². The number of aryl methyl sites for hydroxylation is 2. The van der Waals surface area contributed by atoms with E-state index in [1.165, 1.54) is 53.7 Å². The normalized spacial score (nSPS) is 10.5. The molecule has 4 aromatic rings. The maximum absolute atomic E-state index is 14.1. The van der Waals surface area contributed by atoms with E-state index in [-0.39, 0.29) is 11.1 Å². The van der Waals surface area contributed by atoms with Gasteiger partial charge >= 0.3 is 0 Å². The minimum absolute atomic E-state index is 0.122. The molecule has 0 spiro atoms. The van der Waals surface area contributed by atoms with Gasteiger partial charge in [-0.15, -0.1) is 0 Å². The van der Waals surface area contributed by atoms with E-state index in [1.54, 1.807) is 39.5 Å². The van der Waals surface area contributed by atoms with Crippen LogP contribution in [0.1, 0.15) is 31.8 Å². The third kappa shape index (κ3) is 6.81. The Morgan fingerprint density at radius 2 is 0.891 bits per heavy atom. The highest BCUT2D eigenvalue weighted by atomic mass is 16.5. The molecule has 0 aromatic heterocycles. The van der Waals surface area contributed by atoms with Gasteiger partial charge < -0.3 is 37.9 Å². The number of rotatable bonds is 15. The molecule has 242 valence electrons. The fraction of sp³-hybridized carbons (Fsp3) is 0.278. The summed E-state index contributed by atoms with van der Waals surface area (Å²) in [4.78, 5) is 27.8. The summed E-state index contributed by atoms with van der Waals surface area (Å²) in [7, 11) is 12.2. The van der Waals surface area contributed by atoms with Gasteiger partial charge in [0.1, 0.15) is 0 Å². The first-order valence-corrected chi connectivity index (χ1v) is 14.3. The Hall–Kier alpha value is -5.38. The van der Waals surface area contributed by atoms with Crippen LogP contribution in [0.3, 0.4) is 0 Å². The summed E-state index contributed by atoms with van der Waals surface area (Å²) in [5, 5.41) is 0. The summed E-state index contributed by atoms with van der Waals surface area (Å²) in [6.07, 6.45) is 1.15. The standard InChI is InChI=1S/C36H38O10/c1-39-27-13-10-21(15-29(27)41-3)9-11-22-16-31(43-5)32(44-6)18-24(22)25-19-33(45-7)34(46-8)20-26(25)36(38)35(37)23-12-14-28(40-2)30(17-23)42-4/h10,12-20H,9,11H2,1-8H3. The van der Waals surface area contributed by atoms with Crippen LogP contribution in [0.2, 0.25) is 0 Å². The second-order valence-electron chi connectivity index (χ2n) is 10.0. The van der Waals surface area contributed by atoms with Crippen LogP contribution in [0.15, 0.2) is 60.7 Å². The lowest BCUT2D eigenvalue weighted by molar-refractivity contribution is 0.0817. The topological polar surface area (TPSA) is 108 Å². The van der Waals surface area contributed by atoms with Crippen LogP contribution in [-0.4, -0.2) is 68.4 Å². The van der Waals surface area contributed by atoms with Gasteiger partial charge in [0, 0.05) is 11.1 Å². The number of Topliss-reactive ketones (excluding diaryl/α,β-unsaturated/α-hetero) is 2. The van der Waals surface area contributed by atoms with Crippen molar-refractivity contribution in [3.8, 4) is 57.1 Å². The van der Waals surface area contributed by atoms with Crippen molar-refractivity contribution < 1.29 is 47.5 Å². The molecule has 0 fully saturated rings. The lowest BCUT2D eigenvalue weighted by atomic mass is 9.88. The van der Waals surface area contributed by atoms with Gasteiger partial charge in [-0.25, -0.2) is 0 Å². The smallest absolute Gasteiger partial charge is 0.234 e. The summed E-state index contributed by atoms with van der Waals surface area (Å²) >= 11 is 0. The Bertz CT molecular complexity index is 1730. The average molecular weight is 631 g/mol. The second-order valence-corrected chi connectivity index (χ2v) is 10.0. The molecule has 10 heteroatoms. The van der Waals surface area contributed by atoms with Crippen LogP contribution in [0, 0.1) is 0 Å². The maximum atomic E-state index is 14.1. The van der Waals surface area contributed by atoms with Gasteiger partial charge in [0.05, 0.1) is 56.9 Å². The molecule has 0 atom stereocenters. The quantitative estimate of drug-likeness (QED) is 0.110. The molecule has 10 nitrogen and oxygen atoms in total. The van der Waals surface area contributed by atoms with Gasteiger partial charge in [-0.1, -0.05) is 6.07 Å². The van der Waals surface area contributed by atoms with Crippen LogP contribution < -0.4 is 37.9 Å². The van der Waals surface area contributed by atoms with E-state index in [9.17, 15) is 9.59 Å². The van der Waals surface area contributed by atoms with Crippen molar-refractivity contribution in [2.75, 3.05) is 56.9 Å². The highest BCUT2D eigenvalue weighted by Crippen LogP contribution is 2.42. The van der Waals surface area contributed by atoms with E-state index in [0.717, 1.165) is 11.1 Å². The third-order valence-electron chi connectivity index (χ3n) is 7.65. The van der Waals surface area contributed by atoms with Crippen molar-refractivity contribution in [3.05, 3.63) is 82.9 Å². The molecule has 4 rings (SSSR count). The van der Waals surface area contributed by atoms with Crippen molar-refractivity contribution in [3.63, 3.8) is 0 Å². The Morgan fingerprint density at radius 3 is 1.46 bits per heavy atom. The summed E-state index contributed by atoms with van der Waals surface area (Å²) < 4.78 is 44.0. The molecule has 0 aliphatic carbocycles. The van der Waals surface area contributed by atoms with Crippen LogP contribution in [-0.2, 0) is 12.8 Å². The molecule has 0 aliphatic rings. The molecule has 0 unspecified atom stereocenters. The highest BCUT2D eigenvalue weighted by Gasteiger charge is 2.27. The number of carbonyl (C=O) groups is 2. The SMILES string of the molecule is COc1ccc(CCc2cc(OC)c(OC)cc2-c2cc(OC)c(OC)cc2C(=O)C(=O)c2ccc(OC)c(OC)c2)cc1OC. The van der Waals surface area contributed by atoms with Crippen LogP contribution in [0.25, 0.3) is 11.1 Å². The monoisotopic (exact) mass is 630 g/mol. The van der Waals surface area contributed by atoms with Crippen molar-refractivity contribution in [2.24, 2.45) is 0 Å². The molecular formula is C36H38O10. The maximum Gasteiger partial charge on any atom is 0.234 e. The Morgan fingerprint density at radius 1 is 0.435 bits per heavy atom. The molecule has 0 bridgehead atoms. The van der Waals surface area contributed by atoms with Gasteiger partial charge in [-0.3, -0.25) is 9.59 Å². The van der Waals surface area contributed by atoms with E-state index in [2.05, 4.69) is 0 Å². The zero-order chi connectivity index (χ0) is 33.4. The van der Waals surface area contributed by atoms with E-state index in [1.807, 2.05) is 24.3 Å². The number of methoxy groups -OCH3 is 8. The summed E-state index contributed by atoms with van der Waals surface area (Å²) in [5.41, 5.74) is 3.22. The Balaban J connectivity index is 1.88. The molecule has 46 heavy (non-hydrogen) atoms. The molecule has 0 saturated heterocycles. The molecule has 4 aromatic carbocycles. The van der Waals surface area contributed by atoms with Gasteiger partial charge in [0.2, 0.25) is 11.6 Å². The predicted octanol–water partition coefficient (Wildman–Crippen LogP) is 6.27. The van der Waals surface area contributed by atoms with Crippen LogP contribution in [0.4, 0.5) is 0 Å². The minimum Gasteiger partial charge on any atom is -0.493 e. The Kier molecular flexibility index (Phi) is 11.0.